The first-order valence-electron chi connectivity index (χ1n) is 5.82. The number of carboxylic acid groups (broad SMARTS) is 1. The molecule has 23 heavy (non-hydrogen) atoms. The van der Waals surface area contributed by atoms with Gasteiger partial charge in [-0.05, 0) is 30.3 Å². The number of carboxylic acids is 1. The highest BCUT2D eigenvalue weighted by molar-refractivity contribution is 7.92. The molecular weight excluding hydrogens is 375 g/mol. The number of nitrogens with one attached hydrogen (secondary N) is 1. The number of hydrogen-bond donors (Lipinski definition) is 2. The minimum absolute atomic E-state index is 0.0278. The Bertz CT molecular complexity index is 903. The molecule has 5 nitrogen and oxygen atoms in total. The minimum atomic E-state index is -4.50. The Morgan fingerprint density at radius 3 is 2.30 bits per heavy atom. The van der Waals surface area contributed by atoms with Crippen LogP contribution in [0.4, 0.5) is 14.5 Å². The molecule has 122 valence electrons. The van der Waals surface area contributed by atoms with E-state index in [9.17, 15) is 22.0 Å². The summed E-state index contributed by atoms with van der Waals surface area (Å²) in [6.45, 7) is 0. The van der Waals surface area contributed by atoms with Crippen LogP contribution in [0, 0.1) is 11.6 Å². The smallest absolute Gasteiger partial charge is 0.341 e. The van der Waals surface area contributed by atoms with Gasteiger partial charge in [-0.3, -0.25) is 4.72 Å². The van der Waals surface area contributed by atoms with Crippen molar-refractivity contribution in [2.45, 2.75) is 4.90 Å². The van der Waals surface area contributed by atoms with E-state index in [2.05, 4.69) is 0 Å². The highest BCUT2D eigenvalue weighted by Crippen LogP contribution is 2.28. The topological polar surface area (TPSA) is 83.5 Å². The Morgan fingerprint density at radius 1 is 1.09 bits per heavy atom. The average Bonchev–Trinajstić information content (AvgIpc) is 2.41. The molecule has 0 amide bonds. The van der Waals surface area contributed by atoms with Crippen molar-refractivity contribution in [3.8, 4) is 0 Å². The van der Waals surface area contributed by atoms with Crippen molar-refractivity contribution in [1.29, 1.82) is 0 Å². The van der Waals surface area contributed by atoms with E-state index in [4.69, 9.17) is 28.3 Å². The lowest BCUT2D eigenvalue weighted by molar-refractivity contribution is 0.0685. The quantitative estimate of drug-likeness (QED) is 0.843. The highest BCUT2D eigenvalue weighted by atomic mass is 35.5. The molecule has 0 aliphatic rings. The lowest BCUT2D eigenvalue weighted by Crippen LogP contribution is -2.17. The van der Waals surface area contributed by atoms with Crippen molar-refractivity contribution in [2.24, 2.45) is 0 Å². The largest absolute Gasteiger partial charge is 0.477 e. The van der Waals surface area contributed by atoms with Crippen LogP contribution in [0.1, 0.15) is 10.4 Å². The second kappa shape index (κ2) is 6.31. The molecular formula is C13H7Cl2F2NO4S. The number of aromatic carboxylic acids is 1. The summed E-state index contributed by atoms with van der Waals surface area (Å²) >= 11 is 11.4. The van der Waals surface area contributed by atoms with Gasteiger partial charge in [0.2, 0.25) is 0 Å². The highest BCUT2D eigenvalue weighted by Gasteiger charge is 2.27. The molecule has 0 heterocycles. The molecule has 0 aliphatic carbocycles. The third-order valence-electron chi connectivity index (χ3n) is 2.73. The van der Waals surface area contributed by atoms with Gasteiger partial charge in [-0.15, -0.1) is 0 Å². The molecule has 0 unspecified atom stereocenters. The molecule has 0 saturated heterocycles. The van der Waals surface area contributed by atoms with Gasteiger partial charge >= 0.3 is 5.97 Å². The molecule has 0 spiro atoms. The Hall–Kier alpha value is -1.90. The Labute approximate surface area is 139 Å². The molecule has 2 aromatic carbocycles. The molecule has 2 aromatic rings. The lowest BCUT2D eigenvalue weighted by Gasteiger charge is -2.11. The Kier molecular flexibility index (Phi) is 4.79. The number of anilines is 1. The van der Waals surface area contributed by atoms with Crippen molar-refractivity contribution in [3.63, 3.8) is 0 Å². The van der Waals surface area contributed by atoms with Crippen LogP contribution in [0.25, 0.3) is 0 Å². The first kappa shape index (κ1) is 17.5. The zero-order valence-electron chi connectivity index (χ0n) is 11.0. The number of benzene rings is 2. The molecule has 0 bridgehead atoms. The van der Waals surface area contributed by atoms with Gasteiger partial charge in [0, 0.05) is 0 Å². The summed E-state index contributed by atoms with van der Waals surface area (Å²) in [6, 6.07) is 4.94. The van der Waals surface area contributed by atoms with Crippen molar-refractivity contribution < 1.29 is 27.1 Å². The summed E-state index contributed by atoms with van der Waals surface area (Å²) in [5.74, 6) is -5.01. The summed E-state index contributed by atoms with van der Waals surface area (Å²) in [4.78, 5) is 9.82. The van der Waals surface area contributed by atoms with Gasteiger partial charge in [0.1, 0.15) is 16.3 Å². The van der Waals surface area contributed by atoms with Gasteiger partial charge in [0.05, 0.1) is 15.7 Å². The molecule has 10 heteroatoms. The standard InChI is InChI=1S/C13H7Cl2F2NO4S/c14-7-2-1-6(5-8(7)15)18-23(21,22)10-4-3-9(16)11(12(10)17)13(19)20/h1-5,18H,(H,19,20). The summed E-state index contributed by atoms with van der Waals surface area (Å²) in [6.07, 6.45) is 0. The third-order valence-corrected chi connectivity index (χ3v) is 4.87. The fraction of sp³-hybridized carbons (Fsp3) is 0. The van der Waals surface area contributed by atoms with Gasteiger partial charge in [-0.2, -0.15) is 0 Å². The molecule has 2 N–H and O–H groups in total. The van der Waals surface area contributed by atoms with E-state index in [0.717, 1.165) is 0 Å². The lowest BCUT2D eigenvalue weighted by atomic mass is 10.2. The second-order valence-corrected chi connectivity index (χ2v) is 6.74. The van der Waals surface area contributed by atoms with E-state index < -0.39 is 38.1 Å². The van der Waals surface area contributed by atoms with Gasteiger partial charge in [0.25, 0.3) is 10.0 Å². The van der Waals surface area contributed by atoms with E-state index in [1.165, 1.54) is 18.2 Å². The second-order valence-electron chi connectivity index (χ2n) is 4.27. The van der Waals surface area contributed by atoms with Crippen LogP contribution in [-0.2, 0) is 10.0 Å². The van der Waals surface area contributed by atoms with Crippen LogP contribution in [0.3, 0.4) is 0 Å². The molecule has 0 aliphatic heterocycles. The normalized spacial score (nSPS) is 11.3. The fourth-order valence-corrected chi connectivity index (χ4v) is 3.14. The van der Waals surface area contributed by atoms with Crippen LogP contribution in [-0.4, -0.2) is 19.5 Å². The number of hydrogen-bond acceptors (Lipinski definition) is 3. The molecule has 0 aromatic heterocycles. The van der Waals surface area contributed by atoms with Gasteiger partial charge in [-0.25, -0.2) is 22.0 Å². The summed E-state index contributed by atoms with van der Waals surface area (Å²) in [5, 5.41) is 9.00. The summed E-state index contributed by atoms with van der Waals surface area (Å²) < 4.78 is 53.7. The minimum Gasteiger partial charge on any atom is -0.477 e. The molecule has 2 rings (SSSR count). The third kappa shape index (κ3) is 3.54. The number of rotatable bonds is 4. The van der Waals surface area contributed by atoms with Crippen molar-refractivity contribution in [3.05, 3.63) is 57.6 Å². The zero-order valence-corrected chi connectivity index (χ0v) is 13.3. The van der Waals surface area contributed by atoms with E-state index in [-0.39, 0.29) is 15.7 Å². The zero-order chi connectivity index (χ0) is 17.4. The van der Waals surface area contributed by atoms with E-state index in [0.29, 0.717) is 12.1 Å². The van der Waals surface area contributed by atoms with Crippen LogP contribution < -0.4 is 4.72 Å². The van der Waals surface area contributed by atoms with Crippen LogP contribution >= 0.6 is 23.2 Å². The Morgan fingerprint density at radius 2 is 1.74 bits per heavy atom. The number of halogens is 4. The van der Waals surface area contributed by atoms with E-state index in [1.54, 1.807) is 0 Å². The van der Waals surface area contributed by atoms with E-state index >= 15 is 0 Å². The summed E-state index contributed by atoms with van der Waals surface area (Å²) in [7, 11) is -4.50. The maximum absolute atomic E-state index is 14.0. The molecule has 0 fully saturated rings. The predicted molar refractivity (Wildman–Crippen MR) is 80.6 cm³/mol. The fourth-order valence-electron chi connectivity index (χ4n) is 1.71. The maximum Gasteiger partial charge on any atom is 0.341 e. The summed E-state index contributed by atoms with van der Waals surface area (Å²) in [5.41, 5.74) is -1.39. The first-order valence-corrected chi connectivity index (χ1v) is 8.06. The molecule has 0 radical (unpaired) electrons. The molecule has 0 atom stereocenters. The number of carbonyl (C=O) groups is 1. The SMILES string of the molecule is O=C(O)c1c(F)ccc(S(=O)(=O)Nc2ccc(Cl)c(Cl)c2)c1F. The average molecular weight is 382 g/mol. The van der Waals surface area contributed by atoms with Gasteiger partial charge < -0.3 is 5.11 Å². The van der Waals surface area contributed by atoms with Crippen molar-refractivity contribution in [2.75, 3.05) is 4.72 Å². The van der Waals surface area contributed by atoms with Crippen LogP contribution in [0.15, 0.2) is 35.2 Å². The van der Waals surface area contributed by atoms with Gasteiger partial charge in [0.15, 0.2) is 5.82 Å². The maximum atomic E-state index is 14.0. The number of sulfonamides is 1. The monoisotopic (exact) mass is 381 g/mol. The first-order chi connectivity index (χ1) is 10.6. The van der Waals surface area contributed by atoms with Crippen LogP contribution in [0.5, 0.6) is 0 Å². The Balaban J connectivity index is 2.50. The van der Waals surface area contributed by atoms with Crippen molar-refractivity contribution in [1.82, 2.24) is 0 Å². The predicted octanol–water partition coefficient (Wildman–Crippen LogP) is 3.77. The van der Waals surface area contributed by atoms with Crippen LogP contribution in [0.2, 0.25) is 10.0 Å². The van der Waals surface area contributed by atoms with Crippen molar-refractivity contribution >= 4 is 44.9 Å². The van der Waals surface area contributed by atoms with Gasteiger partial charge in [-0.1, -0.05) is 23.2 Å². The molecule has 0 saturated carbocycles. The van der Waals surface area contributed by atoms with E-state index in [1.807, 2.05) is 4.72 Å².